The molecule has 0 amide bonds. The summed E-state index contributed by atoms with van der Waals surface area (Å²) in [7, 11) is -22.0. The van der Waals surface area contributed by atoms with Gasteiger partial charge in [0.2, 0.25) is 0 Å². The van der Waals surface area contributed by atoms with Crippen LogP contribution in [0.5, 0.6) is 0 Å². The fourth-order valence-electron chi connectivity index (χ4n) is 5.88. The number of hydrogen-bond acceptors (Lipinski definition) is 19. The highest BCUT2D eigenvalue weighted by molar-refractivity contribution is 7.93. The van der Waals surface area contributed by atoms with Crippen LogP contribution in [0.1, 0.15) is 286 Å². The maximum Gasteiger partial charge on any atom is 0.197 e. The van der Waals surface area contributed by atoms with Crippen molar-refractivity contribution < 1.29 is 58.9 Å². The molecular weight excluding hydrogens is 1600 g/mol. The van der Waals surface area contributed by atoms with E-state index in [0.29, 0.717) is 24.7 Å². The number of nitriles is 1. The van der Waals surface area contributed by atoms with E-state index in [1.165, 1.54) is 100 Å². The van der Waals surface area contributed by atoms with Gasteiger partial charge in [-0.05, 0) is 182 Å². The molecule has 0 unspecified atom stereocenters. The van der Waals surface area contributed by atoms with Crippen molar-refractivity contribution in [1.29, 1.82) is 5.26 Å². The van der Waals surface area contributed by atoms with Crippen LogP contribution in [0, 0.1) is 11.3 Å². The van der Waals surface area contributed by atoms with Crippen molar-refractivity contribution in [2.24, 2.45) is 0 Å². The molecule has 0 saturated carbocycles. The Morgan fingerprint density at radius 2 is 0.500 bits per heavy atom. The average molecular weight is 1750 g/mol. The van der Waals surface area contributed by atoms with Gasteiger partial charge in [-0.15, -0.1) is 0 Å². The third kappa shape index (κ3) is 59.4. The van der Waals surface area contributed by atoms with E-state index < -0.39 is 84.6 Å². The van der Waals surface area contributed by atoms with Crippen molar-refractivity contribution >= 4 is 80.5 Å². The van der Waals surface area contributed by atoms with Crippen molar-refractivity contribution in [2.75, 3.05) is 0 Å². The summed E-state index contributed by atoms with van der Waals surface area (Å²) in [5.41, 5.74) is 0.215. The number of benzene rings is 3. The van der Waals surface area contributed by atoms with Gasteiger partial charge >= 0.3 is 0 Å². The van der Waals surface area contributed by atoms with E-state index in [-0.39, 0.29) is 41.5 Å². The zero-order chi connectivity index (χ0) is 91.7. The van der Waals surface area contributed by atoms with Crippen LogP contribution >= 0.6 is 11.6 Å². The second kappa shape index (κ2) is 76.7. The molecule has 0 spiro atoms. The maximum atomic E-state index is 11.6. The molecule has 0 aliphatic carbocycles. The Kier molecular flexibility index (Phi) is 86.4. The van der Waals surface area contributed by atoms with Crippen LogP contribution in [-0.4, -0.2) is 116 Å². The number of nitrogens with zero attached hydrogens (tertiary/aromatic N) is 5. The van der Waals surface area contributed by atoms with Crippen LogP contribution in [0.3, 0.4) is 0 Å². The summed E-state index contributed by atoms with van der Waals surface area (Å²) in [5.74, 6) is 0. The lowest BCUT2D eigenvalue weighted by atomic mass is 10.4. The number of sulfone groups is 7. The van der Waals surface area contributed by atoms with E-state index >= 15 is 0 Å². The van der Waals surface area contributed by atoms with Gasteiger partial charge in [0, 0.05) is 31.0 Å². The molecule has 0 radical (unpaired) electrons. The van der Waals surface area contributed by atoms with E-state index in [1.807, 2.05) is 47.6 Å². The van der Waals surface area contributed by atoms with Gasteiger partial charge in [0.25, 0.3) is 0 Å². The SMILES string of the molecule is CC.CC.CC.CC(C)S(=O)(=O)c1ccc(C#N)nc1.CC(C)S(=O)(=O)c1ccc(Cl)nc1.CC(C)S(=O)(=O)c1ccccc1.CC(C)S(=O)(=O)c1ccccc1.CC(C)S(=O)(=O)c1ccccc1.CC(C)S(=O)(=O)c1ccccn1.CC(C)S(=O)(=O)c1cccnc1.CCC.CCC.CCC.CCC.CCC.CCC.CCC. The van der Waals surface area contributed by atoms with Crippen molar-refractivity contribution in [3.63, 3.8) is 0 Å². The predicted octanol–water partition coefficient (Wildman–Crippen LogP) is 24.2. The summed E-state index contributed by atoms with van der Waals surface area (Å²) in [6.45, 7) is 64.9. The van der Waals surface area contributed by atoms with Crippen molar-refractivity contribution in [3.05, 3.63) is 187 Å². The van der Waals surface area contributed by atoms with E-state index in [4.69, 9.17) is 16.9 Å². The normalized spacial score (nSPS) is 10.3. The van der Waals surface area contributed by atoms with Crippen LogP contribution in [0.2, 0.25) is 5.15 Å². The molecule has 4 heterocycles. The Hall–Kier alpha value is -6.31. The first kappa shape index (κ1) is 128. The number of halogens is 1. The van der Waals surface area contributed by atoms with E-state index in [9.17, 15) is 58.9 Å². The number of rotatable bonds is 14. The van der Waals surface area contributed by atoms with Gasteiger partial charge in [-0.2, -0.15) is 5.26 Å². The fourth-order valence-corrected chi connectivity index (χ4v) is 13.2. The number of hydrogen-bond donors (Lipinski definition) is 0. The minimum Gasteiger partial charge on any atom is -0.263 e. The van der Waals surface area contributed by atoms with Gasteiger partial charge < -0.3 is 0 Å². The second-order valence-electron chi connectivity index (χ2n) is 25.2. The molecule has 0 saturated heterocycles. The molecule has 114 heavy (non-hydrogen) atoms. The maximum absolute atomic E-state index is 11.6. The lowest BCUT2D eigenvalue weighted by Crippen LogP contribution is -2.15. The van der Waals surface area contributed by atoms with Gasteiger partial charge in [-0.3, -0.25) is 4.98 Å². The molecule has 3 aromatic carbocycles. The summed E-state index contributed by atoms with van der Waals surface area (Å²) in [6.07, 6.45) is 15.6. The minimum absolute atomic E-state index is 0.153. The van der Waals surface area contributed by atoms with Crippen molar-refractivity contribution in [1.82, 2.24) is 19.9 Å². The molecule has 0 aliphatic heterocycles. The third-order valence-corrected chi connectivity index (χ3v) is 26.9. The first-order valence-electron chi connectivity index (χ1n) is 39.7. The largest absolute Gasteiger partial charge is 0.263 e. The smallest absolute Gasteiger partial charge is 0.197 e. The number of aromatic nitrogens is 4. The van der Waals surface area contributed by atoms with Crippen LogP contribution in [0.15, 0.2) is 211 Å². The summed E-state index contributed by atoms with van der Waals surface area (Å²) in [6, 6.07) is 41.1. The Morgan fingerprint density at radius 3 is 0.693 bits per heavy atom. The highest BCUT2D eigenvalue weighted by Crippen LogP contribution is 2.20. The minimum atomic E-state index is -3.27. The van der Waals surface area contributed by atoms with Crippen molar-refractivity contribution in [2.45, 2.75) is 352 Å². The van der Waals surface area contributed by atoms with Gasteiger partial charge in [-0.1, -0.05) is 256 Å². The van der Waals surface area contributed by atoms with Gasteiger partial charge in [0.05, 0.1) is 66.1 Å². The monoisotopic (exact) mass is 1750 g/mol. The highest BCUT2D eigenvalue weighted by Gasteiger charge is 2.23. The molecule has 658 valence electrons. The lowest BCUT2D eigenvalue weighted by molar-refractivity contribution is 0.582. The lowest BCUT2D eigenvalue weighted by Gasteiger charge is -2.06. The molecular formula is C87H152ClN5O14S7. The van der Waals surface area contributed by atoms with Gasteiger partial charge in [-0.25, -0.2) is 73.9 Å². The fraction of sp³-hybridized carbons (Fsp3) is 0.552. The molecule has 7 rings (SSSR count). The second-order valence-corrected chi connectivity index (χ2v) is 43.1. The average Bonchev–Trinajstić information content (AvgIpc) is 0.871. The summed E-state index contributed by atoms with van der Waals surface area (Å²) < 4.78 is 161. The number of pyridine rings is 4. The molecule has 4 aromatic heterocycles. The summed E-state index contributed by atoms with van der Waals surface area (Å²) in [5, 5.41) is 6.18. The van der Waals surface area contributed by atoms with E-state index in [0.717, 1.165) is 0 Å². The molecule has 0 aliphatic rings. The summed E-state index contributed by atoms with van der Waals surface area (Å²) in [4.78, 5) is 16.8. The predicted molar refractivity (Wildman–Crippen MR) is 488 cm³/mol. The Bertz CT molecular complexity index is 3750. The topological polar surface area (TPSA) is 314 Å². The molecule has 0 atom stereocenters. The molecule has 19 nitrogen and oxygen atoms in total. The van der Waals surface area contributed by atoms with Crippen LogP contribution in [0.25, 0.3) is 0 Å². The van der Waals surface area contributed by atoms with E-state index in [1.54, 1.807) is 218 Å². The molecule has 27 heteroatoms. The molecule has 7 aromatic rings. The van der Waals surface area contributed by atoms with Crippen LogP contribution in [-0.2, 0) is 68.9 Å². The van der Waals surface area contributed by atoms with Crippen LogP contribution in [0.4, 0.5) is 0 Å². The zero-order valence-corrected chi connectivity index (χ0v) is 82.4. The summed E-state index contributed by atoms with van der Waals surface area (Å²) >= 11 is 5.54. The van der Waals surface area contributed by atoms with E-state index in [2.05, 4.69) is 117 Å². The quantitative estimate of drug-likeness (QED) is 0.0913. The standard InChI is InChI=1S/C9H10N2O2S.3C9H12O2S.C8H10ClNO2S.2C8H11NO2S.7C3H8.3C2H6/c1-7(2)14(12,13)9-4-3-8(5-10)11-6-9;3*1-8(2)12(10,11)9-6-4-3-5-7-9;1-6(2)13(11,12)7-3-4-8(9)10-5-7;1-7(2)12(10,11)8-4-3-5-9-6-8;1-7(2)12(10,11)8-5-3-4-6-9-8;7*1-3-2;3*1-2/h3-4,6-7H,1-2H3;3*3-8H,1-2H3;3-6H,1-2H3;2*3-7H,1-2H3;7*3H2,1-2H3;3*1-2H3. The first-order chi connectivity index (χ1) is 53.1. The molecule has 0 fully saturated rings. The Morgan fingerprint density at radius 1 is 0.272 bits per heavy atom. The van der Waals surface area contributed by atoms with Crippen LogP contribution < -0.4 is 0 Å². The first-order valence-corrected chi connectivity index (χ1v) is 50.9. The van der Waals surface area contributed by atoms with Crippen molar-refractivity contribution in [3.8, 4) is 6.07 Å². The zero-order valence-electron chi connectivity index (χ0n) is 75.9. The molecule has 0 N–H and O–H groups in total. The highest BCUT2D eigenvalue weighted by atomic mass is 35.5. The van der Waals surface area contributed by atoms with Gasteiger partial charge in [0.1, 0.15) is 16.9 Å². The Balaban J connectivity index is -0.000000131. The third-order valence-electron chi connectivity index (χ3n) is 11.7. The molecule has 0 bridgehead atoms. The Labute approximate surface area is 704 Å². The van der Waals surface area contributed by atoms with Gasteiger partial charge in [0.15, 0.2) is 73.9 Å².